The van der Waals surface area contributed by atoms with Crippen LogP contribution in [-0.2, 0) is 10.6 Å². The molecular weight excluding hydrogens is 214 g/mol. The molecule has 0 radical (unpaired) electrons. The standard InChI is InChI=1S/C11H14ClNO2/c12-6-9-7-13-4-3-11(9)15-8-10-2-1-5-14-10/h3-4,7,10H,1-2,5-6,8H2. The van der Waals surface area contributed by atoms with E-state index in [0.29, 0.717) is 12.5 Å². The summed E-state index contributed by atoms with van der Waals surface area (Å²) in [6, 6.07) is 1.84. The maximum atomic E-state index is 5.78. The van der Waals surface area contributed by atoms with Crippen LogP contribution in [-0.4, -0.2) is 24.3 Å². The van der Waals surface area contributed by atoms with Gasteiger partial charge in [-0.15, -0.1) is 11.6 Å². The Bertz CT molecular complexity index is 313. The Hall–Kier alpha value is -0.800. The summed E-state index contributed by atoms with van der Waals surface area (Å²) in [5, 5.41) is 0. The molecule has 0 saturated carbocycles. The van der Waals surface area contributed by atoms with E-state index in [4.69, 9.17) is 21.1 Å². The lowest BCUT2D eigenvalue weighted by atomic mass is 10.2. The van der Waals surface area contributed by atoms with Gasteiger partial charge in [-0.05, 0) is 18.9 Å². The average molecular weight is 228 g/mol. The molecule has 2 rings (SSSR count). The third kappa shape index (κ3) is 2.83. The number of rotatable bonds is 4. The number of halogens is 1. The highest BCUT2D eigenvalue weighted by Gasteiger charge is 2.16. The van der Waals surface area contributed by atoms with E-state index in [9.17, 15) is 0 Å². The van der Waals surface area contributed by atoms with Crippen molar-refractivity contribution in [2.75, 3.05) is 13.2 Å². The molecule has 1 aromatic rings. The van der Waals surface area contributed by atoms with Gasteiger partial charge in [0.2, 0.25) is 0 Å². The minimum absolute atomic E-state index is 0.237. The van der Waals surface area contributed by atoms with E-state index < -0.39 is 0 Å². The fourth-order valence-corrected chi connectivity index (χ4v) is 1.81. The minimum Gasteiger partial charge on any atom is -0.490 e. The summed E-state index contributed by atoms with van der Waals surface area (Å²) in [4.78, 5) is 4.00. The molecule has 0 spiro atoms. The molecule has 1 fully saturated rings. The number of hydrogen-bond acceptors (Lipinski definition) is 3. The van der Waals surface area contributed by atoms with Crippen LogP contribution in [0.4, 0.5) is 0 Å². The van der Waals surface area contributed by atoms with Gasteiger partial charge in [0.25, 0.3) is 0 Å². The van der Waals surface area contributed by atoms with Gasteiger partial charge in [-0.2, -0.15) is 0 Å². The fourth-order valence-electron chi connectivity index (χ4n) is 1.61. The lowest BCUT2D eigenvalue weighted by molar-refractivity contribution is 0.0676. The van der Waals surface area contributed by atoms with Crippen molar-refractivity contribution < 1.29 is 9.47 Å². The summed E-state index contributed by atoms with van der Waals surface area (Å²) in [6.45, 7) is 1.46. The van der Waals surface area contributed by atoms with Gasteiger partial charge < -0.3 is 9.47 Å². The second-order valence-electron chi connectivity index (χ2n) is 3.56. The van der Waals surface area contributed by atoms with Gasteiger partial charge >= 0.3 is 0 Å². The second-order valence-corrected chi connectivity index (χ2v) is 3.83. The minimum atomic E-state index is 0.237. The third-order valence-electron chi connectivity index (χ3n) is 2.45. The van der Waals surface area contributed by atoms with Crippen molar-refractivity contribution in [2.24, 2.45) is 0 Å². The van der Waals surface area contributed by atoms with Crippen LogP contribution in [0.2, 0.25) is 0 Å². The molecule has 0 N–H and O–H groups in total. The third-order valence-corrected chi connectivity index (χ3v) is 2.74. The number of alkyl halides is 1. The highest BCUT2D eigenvalue weighted by atomic mass is 35.5. The highest BCUT2D eigenvalue weighted by Crippen LogP contribution is 2.20. The number of hydrogen-bond donors (Lipinski definition) is 0. The van der Waals surface area contributed by atoms with Crippen LogP contribution in [0, 0.1) is 0 Å². The van der Waals surface area contributed by atoms with Crippen LogP contribution in [0.25, 0.3) is 0 Å². The summed E-state index contributed by atoms with van der Waals surface area (Å²) >= 11 is 5.78. The zero-order valence-electron chi connectivity index (χ0n) is 8.49. The molecule has 1 aromatic heterocycles. The lowest BCUT2D eigenvalue weighted by Crippen LogP contribution is -2.16. The smallest absolute Gasteiger partial charge is 0.126 e. The Kier molecular flexibility index (Phi) is 3.80. The van der Waals surface area contributed by atoms with E-state index in [1.165, 1.54) is 0 Å². The zero-order valence-corrected chi connectivity index (χ0v) is 9.24. The lowest BCUT2D eigenvalue weighted by Gasteiger charge is -2.13. The first-order valence-corrected chi connectivity index (χ1v) is 5.67. The molecule has 0 amide bonds. The SMILES string of the molecule is ClCc1cnccc1OCC1CCCO1. The molecule has 0 aromatic carbocycles. The molecule has 1 aliphatic rings. The number of aromatic nitrogens is 1. The van der Waals surface area contributed by atoms with E-state index in [1.807, 2.05) is 6.07 Å². The van der Waals surface area contributed by atoms with Gasteiger partial charge in [0.15, 0.2) is 0 Å². The first-order chi connectivity index (χ1) is 7.40. The Morgan fingerprint density at radius 1 is 1.60 bits per heavy atom. The van der Waals surface area contributed by atoms with Crippen LogP contribution in [0.5, 0.6) is 5.75 Å². The van der Waals surface area contributed by atoms with Crippen LogP contribution in [0.1, 0.15) is 18.4 Å². The summed E-state index contributed by atoms with van der Waals surface area (Å²) in [5.74, 6) is 1.24. The predicted molar refractivity (Wildman–Crippen MR) is 58.3 cm³/mol. The van der Waals surface area contributed by atoms with Crippen LogP contribution >= 0.6 is 11.6 Å². The topological polar surface area (TPSA) is 31.4 Å². The summed E-state index contributed by atoms with van der Waals surface area (Å²) in [5.41, 5.74) is 0.928. The molecule has 1 atom stereocenters. The quantitative estimate of drug-likeness (QED) is 0.741. The monoisotopic (exact) mass is 227 g/mol. The summed E-state index contributed by atoms with van der Waals surface area (Å²) in [7, 11) is 0. The molecule has 1 saturated heterocycles. The maximum absolute atomic E-state index is 5.78. The maximum Gasteiger partial charge on any atom is 0.126 e. The zero-order chi connectivity index (χ0) is 10.5. The molecule has 0 bridgehead atoms. The van der Waals surface area contributed by atoms with Gasteiger partial charge in [0, 0.05) is 24.6 Å². The van der Waals surface area contributed by atoms with Gasteiger partial charge in [-0.3, -0.25) is 4.98 Å². The first kappa shape index (κ1) is 10.7. The predicted octanol–water partition coefficient (Wildman–Crippen LogP) is 2.38. The Labute approximate surface area is 94.4 Å². The van der Waals surface area contributed by atoms with Crippen molar-refractivity contribution in [3.63, 3.8) is 0 Å². The molecule has 4 heteroatoms. The normalized spacial score (nSPS) is 20.5. The van der Waals surface area contributed by atoms with Crippen LogP contribution in [0.3, 0.4) is 0 Å². The largest absolute Gasteiger partial charge is 0.490 e. The molecule has 15 heavy (non-hydrogen) atoms. The summed E-state index contributed by atoms with van der Waals surface area (Å²) < 4.78 is 11.1. The average Bonchev–Trinajstić information content (AvgIpc) is 2.79. The molecule has 82 valence electrons. The van der Waals surface area contributed by atoms with Crippen molar-refractivity contribution >= 4 is 11.6 Å². The summed E-state index contributed by atoms with van der Waals surface area (Å²) in [6.07, 6.45) is 5.90. The van der Waals surface area contributed by atoms with Crippen molar-refractivity contribution in [1.82, 2.24) is 4.98 Å². The van der Waals surface area contributed by atoms with E-state index in [1.54, 1.807) is 12.4 Å². The Morgan fingerprint density at radius 2 is 2.53 bits per heavy atom. The molecule has 1 unspecified atom stereocenters. The number of nitrogens with zero attached hydrogens (tertiary/aromatic N) is 1. The second kappa shape index (κ2) is 5.33. The molecule has 0 aliphatic carbocycles. The van der Waals surface area contributed by atoms with Crippen LogP contribution < -0.4 is 4.74 Å². The highest BCUT2D eigenvalue weighted by molar-refractivity contribution is 6.17. The van der Waals surface area contributed by atoms with Gasteiger partial charge in [0.05, 0.1) is 12.0 Å². The van der Waals surface area contributed by atoms with Crippen LogP contribution in [0.15, 0.2) is 18.5 Å². The first-order valence-electron chi connectivity index (χ1n) is 5.13. The van der Waals surface area contributed by atoms with E-state index in [2.05, 4.69) is 4.98 Å². The van der Waals surface area contributed by atoms with E-state index in [-0.39, 0.29) is 6.10 Å². The fraction of sp³-hybridized carbons (Fsp3) is 0.545. The Balaban J connectivity index is 1.91. The van der Waals surface area contributed by atoms with Gasteiger partial charge in [-0.1, -0.05) is 0 Å². The van der Waals surface area contributed by atoms with E-state index in [0.717, 1.165) is 30.8 Å². The van der Waals surface area contributed by atoms with Crippen molar-refractivity contribution in [3.05, 3.63) is 24.0 Å². The molecule has 3 nitrogen and oxygen atoms in total. The molecular formula is C11H14ClNO2. The molecule has 1 aliphatic heterocycles. The van der Waals surface area contributed by atoms with Gasteiger partial charge in [0.1, 0.15) is 12.4 Å². The Morgan fingerprint density at radius 3 is 3.27 bits per heavy atom. The van der Waals surface area contributed by atoms with Crippen molar-refractivity contribution in [1.29, 1.82) is 0 Å². The van der Waals surface area contributed by atoms with E-state index >= 15 is 0 Å². The van der Waals surface area contributed by atoms with Crippen molar-refractivity contribution in [2.45, 2.75) is 24.8 Å². The molecule has 2 heterocycles. The van der Waals surface area contributed by atoms with Gasteiger partial charge in [-0.25, -0.2) is 0 Å². The number of pyridine rings is 1. The number of ether oxygens (including phenoxy) is 2. The van der Waals surface area contributed by atoms with Crippen molar-refractivity contribution in [3.8, 4) is 5.75 Å².